The van der Waals surface area contributed by atoms with E-state index < -0.39 is 0 Å². The number of hydrogen-bond acceptors (Lipinski definition) is 6. The number of anilines is 1. The summed E-state index contributed by atoms with van der Waals surface area (Å²) < 4.78 is 5.37. The Morgan fingerprint density at radius 1 is 1.33 bits per heavy atom. The molecule has 0 saturated carbocycles. The lowest BCUT2D eigenvalue weighted by atomic mass is 10.3. The number of rotatable bonds is 7. The number of amides is 1. The van der Waals surface area contributed by atoms with Gasteiger partial charge in [0, 0.05) is 5.69 Å². The topological polar surface area (TPSA) is 79.9 Å². The Morgan fingerprint density at radius 2 is 2.17 bits per heavy atom. The molecule has 0 aliphatic heterocycles. The highest BCUT2D eigenvalue weighted by Gasteiger charge is 2.09. The molecule has 1 amide bonds. The van der Waals surface area contributed by atoms with Gasteiger partial charge in [-0.25, -0.2) is 4.98 Å². The summed E-state index contributed by atoms with van der Waals surface area (Å²) in [6.45, 7) is 2.55. The van der Waals surface area contributed by atoms with Crippen molar-refractivity contribution in [2.75, 3.05) is 17.7 Å². The van der Waals surface area contributed by atoms with Crippen molar-refractivity contribution in [3.8, 4) is 16.5 Å². The van der Waals surface area contributed by atoms with Crippen molar-refractivity contribution in [2.45, 2.75) is 12.1 Å². The Hall–Kier alpha value is -2.32. The average Bonchev–Trinajstić information content (AvgIpc) is 3.26. The van der Waals surface area contributed by atoms with Gasteiger partial charge in [-0.15, -0.1) is 16.4 Å². The summed E-state index contributed by atoms with van der Waals surface area (Å²) in [5, 5.41) is 12.4. The van der Waals surface area contributed by atoms with E-state index >= 15 is 0 Å². The molecular formula is C16H16N4O2S2. The van der Waals surface area contributed by atoms with Gasteiger partial charge in [0.15, 0.2) is 5.82 Å². The second-order valence-corrected chi connectivity index (χ2v) is 6.63. The van der Waals surface area contributed by atoms with Crippen LogP contribution in [0.3, 0.4) is 0 Å². The highest BCUT2D eigenvalue weighted by molar-refractivity contribution is 7.99. The summed E-state index contributed by atoms with van der Waals surface area (Å²) in [5.74, 6) is 1.65. The van der Waals surface area contributed by atoms with Crippen LogP contribution in [0.1, 0.15) is 6.92 Å². The minimum atomic E-state index is -0.105. The van der Waals surface area contributed by atoms with Crippen molar-refractivity contribution in [3.05, 3.63) is 41.8 Å². The summed E-state index contributed by atoms with van der Waals surface area (Å²) >= 11 is 2.88. The van der Waals surface area contributed by atoms with Gasteiger partial charge in [0.1, 0.15) is 5.75 Å². The van der Waals surface area contributed by atoms with Gasteiger partial charge in [-0.2, -0.15) is 0 Å². The Balaban J connectivity index is 1.50. The number of aromatic amines is 1. The predicted molar refractivity (Wildman–Crippen MR) is 96.7 cm³/mol. The van der Waals surface area contributed by atoms with Gasteiger partial charge in [0.25, 0.3) is 0 Å². The number of carbonyl (C=O) groups excluding carboxylic acids is 1. The smallest absolute Gasteiger partial charge is 0.234 e. The fourth-order valence-corrected chi connectivity index (χ4v) is 3.22. The lowest BCUT2D eigenvalue weighted by Gasteiger charge is -2.06. The first-order valence-corrected chi connectivity index (χ1v) is 9.23. The lowest BCUT2D eigenvalue weighted by molar-refractivity contribution is -0.113. The minimum Gasteiger partial charge on any atom is -0.494 e. The Morgan fingerprint density at radius 3 is 2.88 bits per heavy atom. The Kier molecular flexibility index (Phi) is 5.50. The molecule has 2 heterocycles. The fourth-order valence-electron chi connectivity index (χ4n) is 1.96. The van der Waals surface area contributed by atoms with Crippen molar-refractivity contribution in [2.24, 2.45) is 0 Å². The third kappa shape index (κ3) is 4.36. The van der Waals surface area contributed by atoms with Gasteiger partial charge in [-0.1, -0.05) is 17.8 Å². The van der Waals surface area contributed by atoms with Crippen LogP contribution in [0, 0.1) is 0 Å². The second kappa shape index (κ2) is 7.98. The van der Waals surface area contributed by atoms with Crippen LogP contribution in [0.5, 0.6) is 5.75 Å². The second-order valence-electron chi connectivity index (χ2n) is 4.74. The number of aromatic nitrogens is 3. The third-order valence-electron chi connectivity index (χ3n) is 3.00. The molecule has 0 atom stereocenters. The number of hydrogen-bond donors (Lipinski definition) is 2. The first-order chi connectivity index (χ1) is 11.7. The lowest BCUT2D eigenvalue weighted by Crippen LogP contribution is -2.14. The largest absolute Gasteiger partial charge is 0.494 e. The monoisotopic (exact) mass is 360 g/mol. The van der Waals surface area contributed by atoms with Crippen LogP contribution in [-0.2, 0) is 4.79 Å². The van der Waals surface area contributed by atoms with Crippen molar-refractivity contribution >= 4 is 34.7 Å². The molecule has 2 aromatic heterocycles. The van der Waals surface area contributed by atoms with Crippen LogP contribution >= 0.6 is 23.1 Å². The normalized spacial score (nSPS) is 10.5. The van der Waals surface area contributed by atoms with E-state index in [-0.39, 0.29) is 11.7 Å². The van der Waals surface area contributed by atoms with Gasteiger partial charge >= 0.3 is 0 Å². The van der Waals surface area contributed by atoms with E-state index in [2.05, 4.69) is 20.5 Å². The maximum atomic E-state index is 12.0. The number of thiophene rings is 1. The molecule has 3 aromatic rings. The van der Waals surface area contributed by atoms with E-state index in [9.17, 15) is 4.79 Å². The zero-order valence-electron chi connectivity index (χ0n) is 13.0. The van der Waals surface area contributed by atoms with E-state index in [0.717, 1.165) is 22.1 Å². The van der Waals surface area contributed by atoms with Crippen molar-refractivity contribution in [1.82, 2.24) is 15.2 Å². The van der Waals surface area contributed by atoms with Crippen LogP contribution in [-0.4, -0.2) is 33.4 Å². The maximum absolute atomic E-state index is 12.0. The molecule has 0 radical (unpaired) electrons. The summed E-state index contributed by atoms with van der Waals surface area (Å²) in [4.78, 5) is 17.4. The van der Waals surface area contributed by atoms with Gasteiger partial charge in [0.05, 0.1) is 17.2 Å². The number of carbonyl (C=O) groups is 1. The van der Waals surface area contributed by atoms with E-state index in [4.69, 9.17) is 4.74 Å². The quantitative estimate of drug-likeness (QED) is 0.629. The van der Waals surface area contributed by atoms with E-state index in [1.807, 2.05) is 48.7 Å². The molecule has 8 heteroatoms. The number of thioether (sulfide) groups is 1. The van der Waals surface area contributed by atoms with E-state index in [1.165, 1.54) is 11.8 Å². The van der Waals surface area contributed by atoms with Crippen LogP contribution < -0.4 is 10.1 Å². The number of H-pyrrole nitrogens is 1. The zero-order chi connectivity index (χ0) is 16.8. The molecule has 0 spiro atoms. The molecule has 2 N–H and O–H groups in total. The first kappa shape index (κ1) is 16.5. The molecular weight excluding hydrogens is 344 g/mol. The van der Waals surface area contributed by atoms with Gasteiger partial charge < -0.3 is 10.1 Å². The number of nitrogens with zero attached hydrogens (tertiary/aromatic N) is 2. The maximum Gasteiger partial charge on any atom is 0.234 e. The predicted octanol–water partition coefficient (Wildman–Crippen LogP) is 3.66. The van der Waals surface area contributed by atoms with Crippen molar-refractivity contribution < 1.29 is 9.53 Å². The first-order valence-electron chi connectivity index (χ1n) is 7.36. The molecule has 0 aliphatic carbocycles. The highest BCUT2D eigenvalue weighted by atomic mass is 32.2. The van der Waals surface area contributed by atoms with Gasteiger partial charge in [-0.05, 0) is 42.6 Å². The summed E-state index contributed by atoms with van der Waals surface area (Å²) in [5.41, 5.74) is 0.735. The SMILES string of the molecule is CCOc1ccc(NC(=O)CSc2n[nH]c(-c3cccs3)n2)cc1. The molecule has 0 aliphatic rings. The Labute approximate surface area is 147 Å². The van der Waals surface area contributed by atoms with Gasteiger partial charge in [0.2, 0.25) is 11.1 Å². The standard InChI is InChI=1S/C16H16N4O2S2/c1-2-22-12-7-5-11(6-8-12)17-14(21)10-24-16-18-15(19-20-16)13-4-3-9-23-13/h3-9H,2,10H2,1H3,(H,17,21)(H,18,19,20). The number of benzene rings is 1. The fraction of sp³-hybridized carbons (Fsp3) is 0.188. The molecule has 3 rings (SSSR count). The summed E-state index contributed by atoms with van der Waals surface area (Å²) in [7, 11) is 0. The summed E-state index contributed by atoms with van der Waals surface area (Å²) in [6, 6.07) is 11.2. The molecule has 0 saturated heterocycles. The Bertz CT molecular complexity index is 785. The number of ether oxygens (including phenoxy) is 1. The number of nitrogens with one attached hydrogen (secondary N) is 2. The highest BCUT2D eigenvalue weighted by Crippen LogP contribution is 2.23. The van der Waals surface area contributed by atoms with Crippen LogP contribution in [0.4, 0.5) is 5.69 Å². The molecule has 0 bridgehead atoms. The summed E-state index contributed by atoms with van der Waals surface area (Å²) in [6.07, 6.45) is 0. The zero-order valence-corrected chi connectivity index (χ0v) is 14.6. The molecule has 24 heavy (non-hydrogen) atoms. The van der Waals surface area contributed by atoms with Crippen LogP contribution in [0.25, 0.3) is 10.7 Å². The molecule has 0 unspecified atom stereocenters. The molecule has 1 aromatic carbocycles. The van der Waals surface area contributed by atoms with Gasteiger partial charge in [-0.3, -0.25) is 9.89 Å². The minimum absolute atomic E-state index is 0.105. The average molecular weight is 360 g/mol. The van der Waals surface area contributed by atoms with Crippen LogP contribution in [0.15, 0.2) is 46.9 Å². The molecule has 6 nitrogen and oxygen atoms in total. The molecule has 124 valence electrons. The van der Waals surface area contributed by atoms with Crippen LogP contribution in [0.2, 0.25) is 0 Å². The van der Waals surface area contributed by atoms with Crippen molar-refractivity contribution in [3.63, 3.8) is 0 Å². The third-order valence-corrected chi connectivity index (χ3v) is 4.72. The van der Waals surface area contributed by atoms with E-state index in [0.29, 0.717) is 11.8 Å². The molecule has 0 fully saturated rings. The van der Waals surface area contributed by atoms with Crippen molar-refractivity contribution in [1.29, 1.82) is 0 Å². The van der Waals surface area contributed by atoms with E-state index in [1.54, 1.807) is 11.3 Å².